The standard InChI is InChI=1S/C25H29N3O2/c1-18-8-10-20(11-9-18)16-26-22(29)17-28-24(30)23(21-6-4-3-5-7-21)27-25(28)14-12-19(2)13-15-25/h3-11,19H,12-17H2,1-2H3,(H,26,29). The summed E-state index contributed by atoms with van der Waals surface area (Å²) in [6, 6.07) is 17.7. The molecule has 156 valence electrons. The summed E-state index contributed by atoms with van der Waals surface area (Å²) in [5, 5.41) is 2.97. The Labute approximate surface area is 178 Å². The predicted octanol–water partition coefficient (Wildman–Crippen LogP) is 3.85. The zero-order valence-corrected chi connectivity index (χ0v) is 17.7. The summed E-state index contributed by atoms with van der Waals surface area (Å²) in [5.41, 5.74) is 2.95. The van der Waals surface area contributed by atoms with Gasteiger partial charge in [0.1, 0.15) is 17.9 Å². The van der Waals surface area contributed by atoms with E-state index in [4.69, 9.17) is 4.99 Å². The number of carbonyl (C=O) groups excluding carboxylic acids is 2. The maximum Gasteiger partial charge on any atom is 0.275 e. The normalized spacial score (nSPS) is 23.5. The number of aliphatic imine (C=N–C) groups is 1. The lowest BCUT2D eigenvalue weighted by atomic mass is 9.82. The van der Waals surface area contributed by atoms with Crippen LogP contribution in [-0.2, 0) is 16.1 Å². The van der Waals surface area contributed by atoms with E-state index >= 15 is 0 Å². The van der Waals surface area contributed by atoms with Gasteiger partial charge in [-0.1, -0.05) is 67.1 Å². The zero-order valence-electron chi connectivity index (χ0n) is 17.7. The van der Waals surface area contributed by atoms with Crippen molar-refractivity contribution in [1.82, 2.24) is 10.2 Å². The van der Waals surface area contributed by atoms with Crippen LogP contribution in [0.3, 0.4) is 0 Å². The molecule has 1 aliphatic carbocycles. The second kappa shape index (κ2) is 8.42. The molecule has 1 fully saturated rings. The average Bonchev–Trinajstić information content (AvgIpc) is 3.02. The van der Waals surface area contributed by atoms with Crippen molar-refractivity contribution in [1.29, 1.82) is 0 Å². The fraction of sp³-hybridized carbons (Fsp3) is 0.400. The largest absolute Gasteiger partial charge is 0.350 e. The second-order valence-corrected chi connectivity index (χ2v) is 8.65. The number of nitrogens with zero attached hydrogens (tertiary/aromatic N) is 2. The number of hydrogen-bond acceptors (Lipinski definition) is 3. The van der Waals surface area contributed by atoms with E-state index in [-0.39, 0.29) is 18.4 Å². The number of hydrogen-bond donors (Lipinski definition) is 1. The van der Waals surface area contributed by atoms with Crippen molar-refractivity contribution in [3.8, 4) is 0 Å². The van der Waals surface area contributed by atoms with Crippen LogP contribution in [0.1, 0.15) is 49.3 Å². The number of carbonyl (C=O) groups is 2. The first-order valence-electron chi connectivity index (χ1n) is 10.8. The van der Waals surface area contributed by atoms with Crippen LogP contribution < -0.4 is 5.32 Å². The van der Waals surface area contributed by atoms with E-state index in [0.717, 1.165) is 36.8 Å². The molecule has 1 N–H and O–H groups in total. The van der Waals surface area contributed by atoms with E-state index in [9.17, 15) is 9.59 Å². The molecule has 1 aliphatic heterocycles. The van der Waals surface area contributed by atoms with Crippen LogP contribution in [0.2, 0.25) is 0 Å². The lowest BCUT2D eigenvalue weighted by molar-refractivity contribution is -0.136. The van der Waals surface area contributed by atoms with E-state index < -0.39 is 5.66 Å². The summed E-state index contributed by atoms with van der Waals surface area (Å²) in [7, 11) is 0. The van der Waals surface area contributed by atoms with Crippen LogP contribution in [0.5, 0.6) is 0 Å². The summed E-state index contributed by atoms with van der Waals surface area (Å²) < 4.78 is 0. The van der Waals surface area contributed by atoms with Gasteiger partial charge in [0.2, 0.25) is 5.91 Å². The molecule has 2 aromatic rings. The van der Waals surface area contributed by atoms with Gasteiger partial charge in [0.15, 0.2) is 0 Å². The second-order valence-electron chi connectivity index (χ2n) is 8.65. The Morgan fingerprint density at radius 1 is 1.10 bits per heavy atom. The van der Waals surface area contributed by atoms with Gasteiger partial charge < -0.3 is 10.2 Å². The molecular formula is C25H29N3O2. The summed E-state index contributed by atoms with van der Waals surface area (Å²) in [6.07, 6.45) is 3.64. The van der Waals surface area contributed by atoms with E-state index in [2.05, 4.69) is 12.2 Å². The van der Waals surface area contributed by atoms with E-state index in [0.29, 0.717) is 18.2 Å². The molecule has 4 rings (SSSR count). The molecule has 2 aromatic carbocycles. The predicted molar refractivity (Wildman–Crippen MR) is 118 cm³/mol. The maximum atomic E-state index is 13.3. The fourth-order valence-electron chi connectivity index (χ4n) is 4.35. The van der Waals surface area contributed by atoms with Gasteiger partial charge in [-0.15, -0.1) is 0 Å². The molecule has 1 spiro atoms. The van der Waals surface area contributed by atoms with Crippen LogP contribution in [-0.4, -0.2) is 34.6 Å². The highest BCUT2D eigenvalue weighted by atomic mass is 16.2. The van der Waals surface area contributed by atoms with Crippen molar-refractivity contribution < 1.29 is 9.59 Å². The van der Waals surface area contributed by atoms with E-state index in [1.165, 1.54) is 5.56 Å². The van der Waals surface area contributed by atoms with Gasteiger partial charge >= 0.3 is 0 Å². The molecule has 1 saturated carbocycles. The average molecular weight is 404 g/mol. The Balaban J connectivity index is 1.51. The first kappa shape index (κ1) is 20.3. The van der Waals surface area contributed by atoms with Crippen LogP contribution in [0.15, 0.2) is 59.6 Å². The van der Waals surface area contributed by atoms with Gasteiger partial charge in [0.05, 0.1) is 0 Å². The zero-order chi connectivity index (χ0) is 21.1. The van der Waals surface area contributed by atoms with Crippen molar-refractivity contribution >= 4 is 17.5 Å². The number of nitrogens with one attached hydrogen (secondary N) is 1. The molecule has 1 heterocycles. The molecule has 0 radical (unpaired) electrons. The third-order valence-electron chi connectivity index (χ3n) is 6.30. The minimum absolute atomic E-state index is 0.0406. The van der Waals surface area contributed by atoms with Crippen LogP contribution >= 0.6 is 0 Å². The minimum atomic E-state index is -0.587. The van der Waals surface area contributed by atoms with Crippen molar-refractivity contribution in [3.05, 3.63) is 71.3 Å². The highest BCUT2D eigenvalue weighted by Crippen LogP contribution is 2.41. The molecule has 0 saturated heterocycles. The smallest absolute Gasteiger partial charge is 0.275 e. The van der Waals surface area contributed by atoms with E-state index in [1.807, 2.05) is 61.5 Å². The highest BCUT2D eigenvalue weighted by molar-refractivity contribution is 6.47. The Bertz CT molecular complexity index is 942. The summed E-state index contributed by atoms with van der Waals surface area (Å²) in [4.78, 5) is 32.7. The van der Waals surface area contributed by atoms with Crippen LogP contribution in [0.25, 0.3) is 0 Å². The van der Waals surface area contributed by atoms with Crippen molar-refractivity contribution in [3.63, 3.8) is 0 Å². The Morgan fingerprint density at radius 3 is 2.43 bits per heavy atom. The Hall–Kier alpha value is -2.95. The third kappa shape index (κ3) is 4.16. The lowest BCUT2D eigenvalue weighted by Crippen LogP contribution is -2.52. The molecule has 5 heteroatoms. The fourth-order valence-corrected chi connectivity index (χ4v) is 4.35. The molecule has 0 aromatic heterocycles. The molecular weight excluding hydrogens is 374 g/mol. The van der Waals surface area contributed by atoms with Gasteiger partial charge in [-0.05, 0) is 44.1 Å². The topological polar surface area (TPSA) is 61.8 Å². The quantitative estimate of drug-likeness (QED) is 0.824. The molecule has 2 aliphatic rings. The van der Waals surface area contributed by atoms with Gasteiger partial charge in [0, 0.05) is 12.1 Å². The van der Waals surface area contributed by atoms with Gasteiger partial charge in [-0.2, -0.15) is 0 Å². The molecule has 5 nitrogen and oxygen atoms in total. The molecule has 0 bridgehead atoms. The summed E-state index contributed by atoms with van der Waals surface area (Å²) in [6.45, 7) is 4.77. The Morgan fingerprint density at radius 2 is 1.77 bits per heavy atom. The molecule has 0 atom stereocenters. The number of rotatable bonds is 5. The molecule has 30 heavy (non-hydrogen) atoms. The van der Waals surface area contributed by atoms with Crippen LogP contribution in [0.4, 0.5) is 0 Å². The molecule has 2 amide bonds. The third-order valence-corrected chi connectivity index (χ3v) is 6.30. The van der Waals surface area contributed by atoms with E-state index in [1.54, 1.807) is 4.90 Å². The molecule has 0 unspecified atom stereocenters. The lowest BCUT2D eigenvalue weighted by Gasteiger charge is -2.40. The maximum absolute atomic E-state index is 13.3. The van der Waals surface area contributed by atoms with Crippen molar-refractivity contribution in [2.75, 3.05) is 6.54 Å². The van der Waals surface area contributed by atoms with Gasteiger partial charge in [-0.3, -0.25) is 14.6 Å². The monoisotopic (exact) mass is 403 g/mol. The first-order chi connectivity index (χ1) is 14.5. The summed E-state index contributed by atoms with van der Waals surface area (Å²) in [5.74, 6) is 0.339. The number of benzene rings is 2. The van der Waals surface area contributed by atoms with Gasteiger partial charge in [-0.25, -0.2) is 0 Å². The SMILES string of the molecule is Cc1ccc(CNC(=O)CN2C(=O)C(c3ccccc3)=NC23CCC(C)CC3)cc1. The van der Waals surface area contributed by atoms with Gasteiger partial charge in [0.25, 0.3) is 5.91 Å². The number of aryl methyl sites for hydroxylation is 1. The summed E-state index contributed by atoms with van der Waals surface area (Å²) >= 11 is 0. The van der Waals surface area contributed by atoms with Crippen LogP contribution in [0, 0.1) is 12.8 Å². The first-order valence-corrected chi connectivity index (χ1v) is 10.8. The minimum Gasteiger partial charge on any atom is -0.350 e. The van der Waals surface area contributed by atoms with Crippen molar-refractivity contribution in [2.24, 2.45) is 10.9 Å². The van der Waals surface area contributed by atoms with Crippen molar-refractivity contribution in [2.45, 2.75) is 51.7 Å². The number of amides is 2. The highest BCUT2D eigenvalue weighted by Gasteiger charge is 2.49. The Kier molecular flexibility index (Phi) is 5.71.